The quantitative estimate of drug-likeness (QED) is 0.655. The summed E-state index contributed by atoms with van der Waals surface area (Å²) >= 11 is 0. The molecule has 1 aromatic carbocycles. The minimum atomic E-state index is -3.94. The number of benzene rings is 1. The number of halogens is 1. The lowest BCUT2D eigenvalue weighted by Crippen LogP contribution is -2.32. The summed E-state index contributed by atoms with van der Waals surface area (Å²) in [5.74, 6) is -1.03. The Kier molecular flexibility index (Phi) is 4.55. The molecule has 7 nitrogen and oxygen atoms in total. The number of ether oxygens (including phenoxy) is 1. The number of nitro benzene ring substituents is 1. The lowest BCUT2D eigenvalue weighted by Gasteiger charge is -2.12. The topological polar surface area (TPSA) is 98.5 Å². The molecule has 1 fully saturated rings. The van der Waals surface area contributed by atoms with Gasteiger partial charge in [-0.3, -0.25) is 10.1 Å². The molecule has 0 bridgehead atoms. The number of nitrogens with one attached hydrogen (secondary N) is 1. The Hall–Kier alpha value is -1.58. The molecule has 1 aliphatic heterocycles. The zero-order chi connectivity index (χ0) is 15.6. The zero-order valence-electron chi connectivity index (χ0n) is 11.3. The minimum absolute atomic E-state index is 0.0898. The molecule has 0 saturated carbocycles. The van der Waals surface area contributed by atoms with Crippen molar-refractivity contribution in [2.75, 3.05) is 13.2 Å². The third-order valence-corrected chi connectivity index (χ3v) is 4.64. The molecule has 0 aliphatic carbocycles. The van der Waals surface area contributed by atoms with Crippen LogP contribution >= 0.6 is 0 Å². The van der Waals surface area contributed by atoms with Crippen LogP contribution < -0.4 is 4.72 Å². The molecule has 0 aromatic heterocycles. The molecule has 1 aliphatic rings. The monoisotopic (exact) mass is 318 g/mol. The van der Waals surface area contributed by atoms with Crippen LogP contribution in [0.1, 0.15) is 18.4 Å². The number of sulfonamides is 1. The number of hydrogen-bond donors (Lipinski definition) is 1. The van der Waals surface area contributed by atoms with Crippen LogP contribution in [0.3, 0.4) is 0 Å². The molecule has 1 aromatic rings. The van der Waals surface area contributed by atoms with Crippen molar-refractivity contribution in [1.82, 2.24) is 4.72 Å². The molecule has 2 rings (SSSR count). The Morgan fingerprint density at radius 1 is 1.52 bits per heavy atom. The number of nitro groups is 1. The van der Waals surface area contributed by atoms with Crippen LogP contribution in [-0.4, -0.2) is 32.6 Å². The van der Waals surface area contributed by atoms with Crippen molar-refractivity contribution in [3.63, 3.8) is 0 Å². The van der Waals surface area contributed by atoms with Crippen LogP contribution in [0.25, 0.3) is 0 Å². The van der Waals surface area contributed by atoms with Gasteiger partial charge in [-0.1, -0.05) is 0 Å². The van der Waals surface area contributed by atoms with Crippen LogP contribution in [0.15, 0.2) is 17.0 Å². The van der Waals surface area contributed by atoms with Gasteiger partial charge in [0.25, 0.3) is 0 Å². The first-order chi connectivity index (χ1) is 9.81. The molecule has 1 saturated heterocycles. The third kappa shape index (κ3) is 3.55. The Balaban J connectivity index is 2.24. The summed E-state index contributed by atoms with van der Waals surface area (Å²) in [4.78, 5) is 9.48. The molecule has 1 N–H and O–H groups in total. The molecule has 9 heteroatoms. The van der Waals surface area contributed by atoms with Crippen molar-refractivity contribution in [2.24, 2.45) is 0 Å². The summed E-state index contributed by atoms with van der Waals surface area (Å²) in [6, 6.07) is 1.79. The molecule has 1 heterocycles. The van der Waals surface area contributed by atoms with E-state index in [1.165, 1.54) is 6.92 Å². The second-order valence-corrected chi connectivity index (χ2v) is 6.58. The number of aryl methyl sites for hydroxylation is 1. The van der Waals surface area contributed by atoms with E-state index in [4.69, 9.17) is 4.74 Å². The molecule has 1 atom stereocenters. The molecule has 1 unspecified atom stereocenters. The highest BCUT2D eigenvalue weighted by molar-refractivity contribution is 7.89. The second kappa shape index (κ2) is 6.04. The zero-order valence-corrected chi connectivity index (χ0v) is 12.2. The second-order valence-electron chi connectivity index (χ2n) is 4.82. The summed E-state index contributed by atoms with van der Waals surface area (Å²) in [5.41, 5.74) is -0.950. The van der Waals surface area contributed by atoms with Crippen molar-refractivity contribution in [3.05, 3.63) is 33.6 Å². The van der Waals surface area contributed by atoms with Crippen LogP contribution in [0.4, 0.5) is 10.1 Å². The lowest BCUT2D eigenvalue weighted by molar-refractivity contribution is -0.387. The number of nitrogens with zero attached hydrogens (tertiary/aromatic N) is 1. The Morgan fingerprint density at radius 2 is 2.24 bits per heavy atom. The lowest BCUT2D eigenvalue weighted by atomic mass is 10.2. The maximum absolute atomic E-state index is 13.6. The number of rotatable bonds is 5. The van der Waals surface area contributed by atoms with Gasteiger partial charge in [0.05, 0.1) is 15.9 Å². The fourth-order valence-electron chi connectivity index (χ4n) is 2.10. The van der Waals surface area contributed by atoms with Crippen molar-refractivity contribution >= 4 is 15.7 Å². The van der Waals surface area contributed by atoms with Gasteiger partial charge in [-0.05, 0) is 31.4 Å². The van der Waals surface area contributed by atoms with E-state index in [9.17, 15) is 22.9 Å². The maximum atomic E-state index is 13.6. The van der Waals surface area contributed by atoms with Crippen molar-refractivity contribution in [3.8, 4) is 0 Å². The standard InChI is InChI=1S/C12H15FN2O5S/c1-8-5-10(6-11(12(8)13)15(16)17)21(18,19)14-7-9-3-2-4-20-9/h5-6,9,14H,2-4,7H2,1H3. The third-order valence-electron chi connectivity index (χ3n) is 3.24. The van der Waals surface area contributed by atoms with E-state index in [0.717, 1.165) is 25.0 Å². The van der Waals surface area contributed by atoms with E-state index in [0.29, 0.717) is 6.61 Å². The van der Waals surface area contributed by atoms with Crippen LogP contribution in [0.5, 0.6) is 0 Å². The molecular formula is C12H15FN2O5S. The van der Waals surface area contributed by atoms with Gasteiger partial charge < -0.3 is 4.74 Å². The SMILES string of the molecule is Cc1cc(S(=O)(=O)NCC2CCCO2)cc([N+](=O)[O-])c1F. The van der Waals surface area contributed by atoms with Crippen molar-refractivity contribution < 1.29 is 22.5 Å². The molecule has 0 radical (unpaired) electrons. The van der Waals surface area contributed by atoms with Crippen LogP contribution in [0.2, 0.25) is 0 Å². The first-order valence-electron chi connectivity index (χ1n) is 6.37. The molecular weight excluding hydrogens is 303 g/mol. The van der Waals surface area contributed by atoms with Gasteiger partial charge in [-0.15, -0.1) is 0 Å². The first kappa shape index (κ1) is 15.8. The van der Waals surface area contributed by atoms with E-state index < -0.39 is 26.5 Å². The fourth-order valence-corrected chi connectivity index (χ4v) is 3.27. The summed E-state index contributed by atoms with van der Waals surface area (Å²) in [6.07, 6.45) is 1.43. The molecule has 0 amide bonds. The highest BCUT2D eigenvalue weighted by Gasteiger charge is 2.25. The number of hydrogen-bond acceptors (Lipinski definition) is 5. The molecule has 0 spiro atoms. The summed E-state index contributed by atoms with van der Waals surface area (Å²) in [6.45, 7) is 1.96. The Labute approximate surface area is 121 Å². The van der Waals surface area contributed by atoms with Gasteiger partial charge in [0.1, 0.15) is 0 Å². The minimum Gasteiger partial charge on any atom is -0.377 e. The van der Waals surface area contributed by atoms with Gasteiger partial charge in [0.2, 0.25) is 15.8 Å². The van der Waals surface area contributed by atoms with Gasteiger partial charge in [0, 0.05) is 19.2 Å². The Morgan fingerprint density at radius 3 is 2.81 bits per heavy atom. The van der Waals surface area contributed by atoms with E-state index in [2.05, 4.69) is 4.72 Å². The van der Waals surface area contributed by atoms with Crippen LogP contribution in [-0.2, 0) is 14.8 Å². The summed E-state index contributed by atoms with van der Waals surface area (Å²) < 4.78 is 45.4. The molecule has 21 heavy (non-hydrogen) atoms. The fraction of sp³-hybridized carbons (Fsp3) is 0.500. The van der Waals surface area contributed by atoms with E-state index in [1.54, 1.807) is 0 Å². The highest BCUT2D eigenvalue weighted by atomic mass is 32.2. The highest BCUT2D eigenvalue weighted by Crippen LogP contribution is 2.25. The summed E-state index contributed by atoms with van der Waals surface area (Å²) in [5, 5.41) is 10.8. The Bertz CT molecular complexity index is 656. The average Bonchev–Trinajstić information content (AvgIpc) is 2.92. The van der Waals surface area contributed by atoms with Gasteiger partial charge in [0.15, 0.2) is 0 Å². The maximum Gasteiger partial charge on any atom is 0.306 e. The van der Waals surface area contributed by atoms with E-state index in [1.807, 2.05) is 0 Å². The van der Waals surface area contributed by atoms with Gasteiger partial charge >= 0.3 is 5.69 Å². The van der Waals surface area contributed by atoms with Crippen LogP contribution in [0, 0.1) is 22.9 Å². The van der Waals surface area contributed by atoms with Gasteiger partial charge in [-0.25, -0.2) is 13.1 Å². The van der Waals surface area contributed by atoms with Crippen molar-refractivity contribution in [1.29, 1.82) is 0 Å². The normalized spacial score (nSPS) is 18.9. The molecule has 116 valence electrons. The largest absolute Gasteiger partial charge is 0.377 e. The predicted molar refractivity (Wildman–Crippen MR) is 72.0 cm³/mol. The predicted octanol–water partition coefficient (Wildman–Crippen LogP) is 1.50. The average molecular weight is 318 g/mol. The first-order valence-corrected chi connectivity index (χ1v) is 7.85. The van der Waals surface area contributed by atoms with Gasteiger partial charge in [-0.2, -0.15) is 4.39 Å². The van der Waals surface area contributed by atoms with E-state index >= 15 is 0 Å². The smallest absolute Gasteiger partial charge is 0.306 e. The van der Waals surface area contributed by atoms with Crippen molar-refractivity contribution in [2.45, 2.75) is 30.8 Å². The van der Waals surface area contributed by atoms with E-state index in [-0.39, 0.29) is 23.1 Å². The summed E-state index contributed by atoms with van der Waals surface area (Å²) in [7, 11) is -3.94.